The molecule has 92 valence electrons. The fourth-order valence-electron chi connectivity index (χ4n) is 1.95. The third-order valence-corrected chi connectivity index (χ3v) is 3.00. The monoisotopic (exact) mass is 242 g/mol. The van der Waals surface area contributed by atoms with Gasteiger partial charge in [-0.3, -0.25) is 5.10 Å². The van der Waals surface area contributed by atoms with Gasteiger partial charge in [-0.05, 0) is 13.0 Å². The maximum Gasteiger partial charge on any atom is 0.141 e. The van der Waals surface area contributed by atoms with Crippen molar-refractivity contribution in [2.24, 2.45) is 0 Å². The van der Waals surface area contributed by atoms with Crippen molar-refractivity contribution in [3.05, 3.63) is 48.2 Å². The molecule has 3 aromatic rings. The molecule has 0 aliphatic carbocycles. The molecule has 0 saturated heterocycles. The highest BCUT2D eigenvalue weighted by Gasteiger charge is 2.10. The molecule has 0 radical (unpaired) electrons. The molecule has 18 heavy (non-hydrogen) atoms. The molecule has 2 aromatic heterocycles. The number of hydrogen-bond acceptors (Lipinski definition) is 4. The zero-order valence-electron chi connectivity index (χ0n) is 10.1. The number of hydrogen-bond donors (Lipinski definition) is 2. The SMILES string of the molecule is CC(NCc1coc2ccccc12)c1ncn[nH]1. The Morgan fingerprint density at radius 3 is 3.11 bits per heavy atom. The smallest absolute Gasteiger partial charge is 0.141 e. The average molecular weight is 242 g/mol. The van der Waals surface area contributed by atoms with Crippen LogP contribution in [0.3, 0.4) is 0 Å². The quantitative estimate of drug-likeness (QED) is 0.737. The summed E-state index contributed by atoms with van der Waals surface area (Å²) in [5.41, 5.74) is 2.07. The molecule has 2 heterocycles. The van der Waals surface area contributed by atoms with E-state index in [1.54, 1.807) is 6.26 Å². The van der Waals surface area contributed by atoms with E-state index < -0.39 is 0 Å². The third kappa shape index (κ3) is 2.00. The van der Waals surface area contributed by atoms with Crippen LogP contribution in [0, 0.1) is 0 Å². The molecular weight excluding hydrogens is 228 g/mol. The Morgan fingerprint density at radius 2 is 2.28 bits per heavy atom. The van der Waals surface area contributed by atoms with Crippen molar-refractivity contribution in [1.82, 2.24) is 20.5 Å². The maximum absolute atomic E-state index is 5.50. The van der Waals surface area contributed by atoms with Gasteiger partial charge in [-0.1, -0.05) is 18.2 Å². The number of aromatic amines is 1. The lowest BCUT2D eigenvalue weighted by atomic mass is 10.1. The fraction of sp³-hybridized carbons (Fsp3) is 0.231. The molecule has 0 saturated carbocycles. The molecule has 0 aliphatic rings. The Labute approximate surface area is 104 Å². The lowest BCUT2D eigenvalue weighted by Crippen LogP contribution is -2.19. The maximum atomic E-state index is 5.50. The Kier molecular flexibility index (Phi) is 2.82. The van der Waals surface area contributed by atoms with E-state index in [4.69, 9.17) is 4.42 Å². The van der Waals surface area contributed by atoms with Crippen molar-refractivity contribution >= 4 is 11.0 Å². The molecule has 1 unspecified atom stereocenters. The summed E-state index contributed by atoms with van der Waals surface area (Å²) in [5.74, 6) is 0.836. The van der Waals surface area contributed by atoms with Crippen LogP contribution in [0.4, 0.5) is 0 Å². The fourth-order valence-corrected chi connectivity index (χ4v) is 1.95. The Bertz CT molecular complexity index is 629. The van der Waals surface area contributed by atoms with Gasteiger partial charge in [0, 0.05) is 17.5 Å². The molecule has 0 aliphatic heterocycles. The summed E-state index contributed by atoms with van der Waals surface area (Å²) in [7, 11) is 0. The third-order valence-electron chi connectivity index (χ3n) is 3.00. The zero-order valence-corrected chi connectivity index (χ0v) is 10.1. The molecule has 3 rings (SSSR count). The first-order chi connectivity index (χ1) is 8.84. The minimum Gasteiger partial charge on any atom is -0.464 e. The van der Waals surface area contributed by atoms with Gasteiger partial charge in [-0.15, -0.1) is 0 Å². The van der Waals surface area contributed by atoms with E-state index in [1.165, 1.54) is 6.33 Å². The van der Waals surface area contributed by atoms with E-state index in [-0.39, 0.29) is 6.04 Å². The van der Waals surface area contributed by atoms with Crippen LogP contribution in [0.5, 0.6) is 0 Å². The molecule has 0 bridgehead atoms. The van der Waals surface area contributed by atoms with Gasteiger partial charge in [0.1, 0.15) is 17.7 Å². The van der Waals surface area contributed by atoms with E-state index in [9.17, 15) is 0 Å². The van der Waals surface area contributed by atoms with E-state index in [0.29, 0.717) is 0 Å². The van der Waals surface area contributed by atoms with Crippen LogP contribution in [0.25, 0.3) is 11.0 Å². The summed E-state index contributed by atoms with van der Waals surface area (Å²) in [4.78, 5) is 4.13. The van der Waals surface area contributed by atoms with Crippen molar-refractivity contribution in [2.75, 3.05) is 0 Å². The van der Waals surface area contributed by atoms with Crippen molar-refractivity contribution in [3.8, 4) is 0 Å². The number of para-hydroxylation sites is 1. The second-order valence-electron chi connectivity index (χ2n) is 4.23. The van der Waals surface area contributed by atoms with Gasteiger partial charge in [0.05, 0.1) is 12.3 Å². The van der Waals surface area contributed by atoms with E-state index in [2.05, 4.69) is 26.6 Å². The normalized spacial score (nSPS) is 12.9. The minimum atomic E-state index is 0.126. The van der Waals surface area contributed by atoms with Gasteiger partial charge in [-0.25, -0.2) is 4.98 Å². The van der Waals surface area contributed by atoms with Crippen molar-refractivity contribution < 1.29 is 4.42 Å². The molecule has 0 spiro atoms. The highest BCUT2D eigenvalue weighted by Crippen LogP contribution is 2.21. The molecule has 1 atom stereocenters. The molecule has 1 aromatic carbocycles. The van der Waals surface area contributed by atoms with E-state index in [1.807, 2.05) is 25.1 Å². The van der Waals surface area contributed by atoms with Gasteiger partial charge in [-0.2, -0.15) is 5.10 Å². The van der Waals surface area contributed by atoms with Gasteiger partial charge in [0.15, 0.2) is 0 Å². The molecule has 0 amide bonds. The highest BCUT2D eigenvalue weighted by atomic mass is 16.3. The van der Waals surface area contributed by atoms with Crippen molar-refractivity contribution in [3.63, 3.8) is 0 Å². The molecule has 5 nitrogen and oxygen atoms in total. The molecule has 0 fully saturated rings. The average Bonchev–Trinajstić information content (AvgIpc) is 3.06. The minimum absolute atomic E-state index is 0.126. The van der Waals surface area contributed by atoms with Gasteiger partial charge in [0.2, 0.25) is 0 Å². The highest BCUT2D eigenvalue weighted by molar-refractivity contribution is 5.80. The Hall–Kier alpha value is -2.14. The lowest BCUT2D eigenvalue weighted by molar-refractivity contribution is 0.541. The number of furan rings is 1. The van der Waals surface area contributed by atoms with Crippen LogP contribution in [-0.4, -0.2) is 15.2 Å². The summed E-state index contributed by atoms with van der Waals surface area (Å²) in [6.45, 7) is 2.78. The standard InChI is InChI=1S/C13H14N4O/c1-9(13-15-8-16-17-13)14-6-10-7-18-12-5-3-2-4-11(10)12/h2-5,7-9,14H,6H2,1H3,(H,15,16,17). The van der Waals surface area contributed by atoms with E-state index in [0.717, 1.165) is 28.9 Å². The molecule has 2 N–H and O–H groups in total. The van der Waals surface area contributed by atoms with Crippen molar-refractivity contribution in [1.29, 1.82) is 0 Å². The van der Waals surface area contributed by atoms with Crippen LogP contribution in [0.1, 0.15) is 24.4 Å². The second-order valence-corrected chi connectivity index (χ2v) is 4.23. The van der Waals surface area contributed by atoms with Gasteiger partial charge < -0.3 is 9.73 Å². The predicted octanol–water partition coefficient (Wildman–Crippen LogP) is 2.40. The van der Waals surface area contributed by atoms with Crippen LogP contribution >= 0.6 is 0 Å². The summed E-state index contributed by atoms with van der Waals surface area (Å²) in [5, 5.41) is 11.2. The number of fused-ring (bicyclic) bond motifs is 1. The predicted molar refractivity (Wildman–Crippen MR) is 67.9 cm³/mol. The number of aromatic nitrogens is 3. The first-order valence-corrected chi connectivity index (χ1v) is 5.88. The number of nitrogens with zero attached hydrogens (tertiary/aromatic N) is 2. The number of benzene rings is 1. The van der Waals surface area contributed by atoms with Crippen LogP contribution < -0.4 is 5.32 Å². The van der Waals surface area contributed by atoms with Gasteiger partial charge >= 0.3 is 0 Å². The Balaban J connectivity index is 1.73. The van der Waals surface area contributed by atoms with Crippen LogP contribution in [0.2, 0.25) is 0 Å². The summed E-state index contributed by atoms with van der Waals surface area (Å²) in [6, 6.07) is 8.15. The number of H-pyrrole nitrogens is 1. The second kappa shape index (κ2) is 4.62. The summed E-state index contributed by atoms with van der Waals surface area (Å²) >= 11 is 0. The van der Waals surface area contributed by atoms with Crippen LogP contribution in [0.15, 0.2) is 41.3 Å². The van der Waals surface area contributed by atoms with Crippen LogP contribution in [-0.2, 0) is 6.54 Å². The largest absolute Gasteiger partial charge is 0.464 e. The summed E-state index contributed by atoms with van der Waals surface area (Å²) < 4.78 is 5.50. The van der Waals surface area contributed by atoms with Gasteiger partial charge in [0.25, 0.3) is 0 Å². The summed E-state index contributed by atoms with van der Waals surface area (Å²) in [6.07, 6.45) is 3.31. The zero-order chi connectivity index (χ0) is 12.4. The first-order valence-electron chi connectivity index (χ1n) is 5.88. The molecular formula is C13H14N4O. The van der Waals surface area contributed by atoms with E-state index >= 15 is 0 Å². The Morgan fingerprint density at radius 1 is 1.39 bits per heavy atom. The number of nitrogens with one attached hydrogen (secondary N) is 2. The number of rotatable bonds is 4. The first kappa shape index (κ1) is 11.0. The molecule has 5 heteroatoms. The lowest BCUT2D eigenvalue weighted by Gasteiger charge is -2.09. The van der Waals surface area contributed by atoms with Crippen molar-refractivity contribution in [2.45, 2.75) is 19.5 Å². The topological polar surface area (TPSA) is 66.7 Å².